The highest BCUT2D eigenvalue weighted by molar-refractivity contribution is 7.19. The summed E-state index contributed by atoms with van der Waals surface area (Å²) in [5, 5.41) is 6.20. The number of fused-ring (bicyclic) bond motifs is 1. The van der Waals surface area contributed by atoms with Crippen LogP contribution in [-0.4, -0.2) is 45.5 Å². The second kappa shape index (κ2) is 6.57. The van der Waals surface area contributed by atoms with E-state index in [4.69, 9.17) is 16.3 Å². The molecule has 2 aromatic heterocycles. The molecule has 0 saturated carbocycles. The number of nitrogens with zero attached hydrogens (tertiary/aromatic N) is 4. The second-order valence-electron chi connectivity index (χ2n) is 5.68. The Morgan fingerprint density at radius 2 is 2.26 bits per heavy atom. The van der Waals surface area contributed by atoms with Gasteiger partial charge in [0.25, 0.3) is 0 Å². The third-order valence-electron chi connectivity index (χ3n) is 4.05. The lowest BCUT2D eigenvalue weighted by Crippen LogP contribution is -2.43. The Hall–Kier alpha value is -1.47. The Balaban J connectivity index is 1.46. The van der Waals surface area contributed by atoms with Crippen molar-refractivity contribution in [3.8, 4) is 0 Å². The van der Waals surface area contributed by atoms with E-state index >= 15 is 0 Å². The highest BCUT2D eigenvalue weighted by Gasteiger charge is 2.23. The van der Waals surface area contributed by atoms with E-state index in [9.17, 15) is 0 Å². The highest BCUT2D eigenvalue weighted by atomic mass is 35.5. The van der Waals surface area contributed by atoms with Crippen LogP contribution >= 0.6 is 22.9 Å². The first-order valence-electron chi connectivity index (χ1n) is 7.62. The van der Waals surface area contributed by atoms with E-state index in [1.54, 1.807) is 24.0 Å². The van der Waals surface area contributed by atoms with E-state index in [0.717, 1.165) is 43.2 Å². The van der Waals surface area contributed by atoms with Gasteiger partial charge in [0.05, 0.1) is 24.3 Å². The number of benzene rings is 1. The molecule has 3 heterocycles. The van der Waals surface area contributed by atoms with Crippen LogP contribution < -0.4 is 0 Å². The van der Waals surface area contributed by atoms with Crippen LogP contribution in [0.2, 0.25) is 5.02 Å². The Morgan fingerprint density at radius 3 is 3.09 bits per heavy atom. The van der Waals surface area contributed by atoms with Crippen molar-refractivity contribution in [2.45, 2.75) is 19.2 Å². The topological polar surface area (TPSA) is 43.2 Å². The van der Waals surface area contributed by atoms with Crippen LogP contribution in [0.4, 0.5) is 0 Å². The Kier molecular flexibility index (Phi) is 4.31. The molecule has 1 aromatic carbocycles. The molecule has 1 aliphatic heterocycles. The molecule has 1 fully saturated rings. The van der Waals surface area contributed by atoms with Gasteiger partial charge in [-0.25, -0.2) is 4.98 Å². The van der Waals surface area contributed by atoms with Crippen molar-refractivity contribution in [2.24, 2.45) is 0 Å². The van der Waals surface area contributed by atoms with Crippen LogP contribution in [0.25, 0.3) is 10.1 Å². The number of aromatic nitrogens is 3. The maximum atomic E-state index is 6.56. The van der Waals surface area contributed by atoms with Gasteiger partial charge in [0, 0.05) is 34.6 Å². The van der Waals surface area contributed by atoms with Gasteiger partial charge in [-0.2, -0.15) is 5.10 Å². The summed E-state index contributed by atoms with van der Waals surface area (Å²) >= 11 is 8.34. The van der Waals surface area contributed by atoms with Crippen LogP contribution in [0.5, 0.6) is 0 Å². The maximum Gasteiger partial charge on any atom is 0.137 e. The monoisotopic (exact) mass is 348 g/mol. The van der Waals surface area contributed by atoms with E-state index in [1.165, 1.54) is 9.58 Å². The average Bonchev–Trinajstić information content (AvgIpc) is 3.17. The van der Waals surface area contributed by atoms with Crippen LogP contribution in [0.3, 0.4) is 0 Å². The van der Waals surface area contributed by atoms with Gasteiger partial charge in [-0.1, -0.05) is 29.8 Å². The summed E-state index contributed by atoms with van der Waals surface area (Å²) in [6.07, 6.45) is 3.42. The molecule has 23 heavy (non-hydrogen) atoms. The molecule has 0 bridgehead atoms. The highest BCUT2D eigenvalue weighted by Crippen LogP contribution is 2.36. The van der Waals surface area contributed by atoms with Gasteiger partial charge >= 0.3 is 0 Å². The fraction of sp³-hybridized carbons (Fsp3) is 0.375. The van der Waals surface area contributed by atoms with Crippen LogP contribution in [-0.2, 0) is 17.8 Å². The van der Waals surface area contributed by atoms with Gasteiger partial charge in [0.1, 0.15) is 12.7 Å². The number of halogens is 1. The molecule has 1 saturated heterocycles. The molecule has 1 unspecified atom stereocenters. The number of hydrogen-bond acceptors (Lipinski definition) is 5. The van der Waals surface area contributed by atoms with Crippen molar-refractivity contribution in [3.63, 3.8) is 0 Å². The van der Waals surface area contributed by atoms with Crippen molar-refractivity contribution in [3.05, 3.63) is 46.8 Å². The maximum absolute atomic E-state index is 6.56. The van der Waals surface area contributed by atoms with E-state index in [-0.39, 0.29) is 6.10 Å². The van der Waals surface area contributed by atoms with E-state index in [2.05, 4.69) is 33.2 Å². The lowest BCUT2D eigenvalue weighted by molar-refractivity contribution is -0.0399. The number of hydrogen-bond donors (Lipinski definition) is 0. The van der Waals surface area contributed by atoms with Gasteiger partial charge in [0.15, 0.2) is 0 Å². The Morgan fingerprint density at radius 1 is 1.35 bits per heavy atom. The smallest absolute Gasteiger partial charge is 0.137 e. The third-order valence-corrected chi connectivity index (χ3v) is 5.75. The summed E-state index contributed by atoms with van der Waals surface area (Å²) in [4.78, 5) is 7.61. The molecule has 3 aromatic rings. The fourth-order valence-corrected chi connectivity index (χ4v) is 4.47. The summed E-state index contributed by atoms with van der Waals surface area (Å²) < 4.78 is 8.92. The third kappa shape index (κ3) is 3.26. The van der Waals surface area contributed by atoms with E-state index in [1.807, 2.05) is 10.7 Å². The largest absolute Gasteiger partial charge is 0.374 e. The molecule has 0 aliphatic carbocycles. The van der Waals surface area contributed by atoms with Crippen LogP contribution in [0.15, 0.2) is 36.9 Å². The molecule has 0 amide bonds. The summed E-state index contributed by atoms with van der Waals surface area (Å²) in [6.45, 7) is 4.15. The minimum absolute atomic E-state index is 0.138. The predicted octanol–water partition coefficient (Wildman–Crippen LogP) is 3.05. The molecular weight excluding hydrogens is 332 g/mol. The van der Waals surface area contributed by atoms with Gasteiger partial charge < -0.3 is 4.74 Å². The van der Waals surface area contributed by atoms with Crippen LogP contribution in [0, 0.1) is 0 Å². The zero-order chi connectivity index (χ0) is 15.6. The fourth-order valence-electron chi connectivity index (χ4n) is 2.94. The summed E-state index contributed by atoms with van der Waals surface area (Å²) in [5.74, 6) is 0. The van der Waals surface area contributed by atoms with Crippen LogP contribution in [0.1, 0.15) is 4.88 Å². The Bertz CT molecular complexity index is 789. The first-order valence-corrected chi connectivity index (χ1v) is 8.81. The average molecular weight is 349 g/mol. The molecule has 1 aliphatic rings. The zero-order valence-electron chi connectivity index (χ0n) is 12.6. The Labute approximate surface area is 143 Å². The van der Waals surface area contributed by atoms with Gasteiger partial charge in [-0.3, -0.25) is 9.58 Å². The first kappa shape index (κ1) is 15.1. The molecule has 7 heteroatoms. The second-order valence-corrected chi connectivity index (χ2v) is 7.20. The minimum atomic E-state index is 0.138. The van der Waals surface area contributed by atoms with Gasteiger partial charge in [-0.05, 0) is 6.07 Å². The van der Waals surface area contributed by atoms with E-state index < -0.39 is 0 Å². The molecule has 5 nitrogen and oxygen atoms in total. The van der Waals surface area contributed by atoms with Crippen molar-refractivity contribution in [1.82, 2.24) is 19.7 Å². The molecule has 1 atom stereocenters. The van der Waals surface area contributed by atoms with Crippen molar-refractivity contribution < 1.29 is 4.74 Å². The lowest BCUT2D eigenvalue weighted by atomic mass is 10.2. The zero-order valence-corrected chi connectivity index (χ0v) is 14.1. The molecular formula is C16H17ClN4OS. The molecule has 0 radical (unpaired) electrons. The standard InChI is InChI=1S/C16H17ClN4OS/c17-16-13-3-1-2-4-14(13)23-15(16)9-20-5-6-22-12(7-20)8-21-11-18-10-19-21/h1-4,10-12H,5-9H2. The number of morpholine rings is 1. The van der Waals surface area contributed by atoms with Gasteiger partial charge in [-0.15, -0.1) is 11.3 Å². The number of rotatable bonds is 4. The number of ether oxygens (including phenoxy) is 1. The SMILES string of the molecule is Clc1c(CN2CCOC(Cn3cncn3)C2)sc2ccccc12. The number of thiophene rings is 1. The summed E-state index contributed by atoms with van der Waals surface area (Å²) in [5.41, 5.74) is 0. The molecule has 120 valence electrons. The lowest BCUT2D eigenvalue weighted by Gasteiger charge is -2.32. The minimum Gasteiger partial charge on any atom is -0.374 e. The molecule has 4 rings (SSSR count). The summed E-state index contributed by atoms with van der Waals surface area (Å²) in [6, 6.07) is 8.31. The van der Waals surface area contributed by atoms with Gasteiger partial charge in [0.2, 0.25) is 0 Å². The van der Waals surface area contributed by atoms with E-state index in [0.29, 0.717) is 0 Å². The summed E-state index contributed by atoms with van der Waals surface area (Å²) in [7, 11) is 0. The van der Waals surface area contributed by atoms with Crippen molar-refractivity contribution in [2.75, 3.05) is 19.7 Å². The normalized spacial score (nSPS) is 19.4. The van der Waals surface area contributed by atoms with Crippen molar-refractivity contribution in [1.29, 1.82) is 0 Å². The first-order chi connectivity index (χ1) is 11.3. The quantitative estimate of drug-likeness (QED) is 0.727. The molecule has 0 N–H and O–H groups in total. The molecule has 0 spiro atoms. The predicted molar refractivity (Wildman–Crippen MR) is 91.9 cm³/mol. The van der Waals surface area contributed by atoms with Crippen molar-refractivity contribution >= 4 is 33.0 Å².